The first-order valence-electron chi connectivity index (χ1n) is 6.88. The molecule has 0 spiro atoms. The first-order chi connectivity index (χ1) is 10.6. The molecule has 0 saturated heterocycles. The van der Waals surface area contributed by atoms with Gasteiger partial charge in [-0.15, -0.1) is 0 Å². The van der Waals surface area contributed by atoms with E-state index >= 15 is 0 Å². The minimum atomic E-state index is -0.308. The highest BCUT2D eigenvalue weighted by Crippen LogP contribution is 2.16. The van der Waals surface area contributed by atoms with Crippen LogP contribution in [-0.4, -0.2) is 12.5 Å². The maximum atomic E-state index is 13.6. The van der Waals surface area contributed by atoms with Gasteiger partial charge in [0.25, 0.3) is 0 Å². The highest BCUT2D eigenvalue weighted by Gasteiger charge is 2.12. The van der Waals surface area contributed by atoms with Crippen molar-refractivity contribution in [2.45, 2.75) is 13.0 Å². The summed E-state index contributed by atoms with van der Waals surface area (Å²) in [6.45, 7) is 1.81. The van der Waals surface area contributed by atoms with Gasteiger partial charge < -0.3 is 10.6 Å². The summed E-state index contributed by atoms with van der Waals surface area (Å²) in [7, 11) is 0. The number of carbonyl (C=O) groups is 1. The van der Waals surface area contributed by atoms with Crippen molar-refractivity contribution < 1.29 is 9.18 Å². The first-order valence-corrected chi connectivity index (χ1v) is 6.88. The summed E-state index contributed by atoms with van der Waals surface area (Å²) in [6, 6.07) is 14.9. The molecule has 2 aromatic rings. The Kier molecular flexibility index (Phi) is 5.23. The van der Waals surface area contributed by atoms with Gasteiger partial charge in [-0.3, -0.25) is 4.79 Å². The zero-order chi connectivity index (χ0) is 15.9. The van der Waals surface area contributed by atoms with Gasteiger partial charge in [0.15, 0.2) is 0 Å². The number of para-hydroxylation sites is 1. The van der Waals surface area contributed by atoms with Crippen LogP contribution in [0, 0.1) is 17.1 Å². The molecule has 112 valence electrons. The maximum absolute atomic E-state index is 13.6. The van der Waals surface area contributed by atoms with E-state index in [4.69, 9.17) is 5.26 Å². The van der Waals surface area contributed by atoms with E-state index in [-0.39, 0.29) is 24.3 Å². The molecule has 0 aliphatic carbocycles. The average Bonchev–Trinajstić information content (AvgIpc) is 2.53. The Hall–Kier alpha value is -2.71. The van der Waals surface area contributed by atoms with E-state index < -0.39 is 0 Å². The summed E-state index contributed by atoms with van der Waals surface area (Å²) in [5.41, 5.74) is 1.38. The van der Waals surface area contributed by atoms with Crippen molar-refractivity contribution >= 4 is 11.6 Å². The molecular weight excluding hydrogens is 281 g/mol. The zero-order valence-corrected chi connectivity index (χ0v) is 12.1. The lowest BCUT2D eigenvalue weighted by Gasteiger charge is -2.15. The molecule has 2 N–H and O–H groups in total. The Morgan fingerprint density at radius 3 is 2.64 bits per heavy atom. The van der Waals surface area contributed by atoms with Gasteiger partial charge in [-0.05, 0) is 25.1 Å². The largest absolute Gasteiger partial charge is 0.324 e. The van der Waals surface area contributed by atoms with Crippen LogP contribution in [0.2, 0.25) is 0 Å². The summed E-state index contributed by atoms with van der Waals surface area (Å²) < 4.78 is 13.6. The monoisotopic (exact) mass is 297 g/mol. The number of benzene rings is 2. The lowest BCUT2D eigenvalue weighted by molar-refractivity contribution is -0.115. The Morgan fingerprint density at radius 1 is 1.23 bits per heavy atom. The van der Waals surface area contributed by atoms with Crippen LogP contribution in [0.15, 0.2) is 48.5 Å². The van der Waals surface area contributed by atoms with Gasteiger partial charge in [0.1, 0.15) is 11.9 Å². The van der Waals surface area contributed by atoms with E-state index in [9.17, 15) is 9.18 Å². The summed E-state index contributed by atoms with van der Waals surface area (Å²) in [6.07, 6.45) is 0. The number of nitrogens with one attached hydrogen (secondary N) is 2. The van der Waals surface area contributed by atoms with Crippen molar-refractivity contribution in [2.24, 2.45) is 0 Å². The van der Waals surface area contributed by atoms with Crippen LogP contribution in [0.1, 0.15) is 24.1 Å². The van der Waals surface area contributed by atoms with Gasteiger partial charge in [0.2, 0.25) is 5.91 Å². The van der Waals surface area contributed by atoms with E-state index in [0.717, 1.165) is 0 Å². The summed E-state index contributed by atoms with van der Waals surface area (Å²) in [4.78, 5) is 11.9. The van der Waals surface area contributed by atoms with Gasteiger partial charge in [-0.1, -0.05) is 30.3 Å². The number of nitriles is 1. The average molecular weight is 297 g/mol. The minimum Gasteiger partial charge on any atom is -0.324 e. The molecule has 0 saturated carbocycles. The molecule has 0 fully saturated rings. The highest BCUT2D eigenvalue weighted by atomic mass is 19.1. The molecular formula is C17H16FN3O. The van der Waals surface area contributed by atoms with Gasteiger partial charge in [-0.25, -0.2) is 4.39 Å². The Balaban J connectivity index is 1.93. The number of nitrogens with zero attached hydrogens (tertiary/aromatic N) is 1. The lowest BCUT2D eigenvalue weighted by Crippen LogP contribution is -2.30. The topological polar surface area (TPSA) is 64.9 Å². The van der Waals surface area contributed by atoms with Crippen LogP contribution in [0.3, 0.4) is 0 Å². The quantitative estimate of drug-likeness (QED) is 0.891. The molecule has 0 aromatic heterocycles. The third kappa shape index (κ3) is 3.90. The molecule has 2 rings (SSSR count). The highest BCUT2D eigenvalue weighted by molar-refractivity contribution is 5.93. The second-order valence-corrected chi connectivity index (χ2v) is 4.83. The number of anilines is 1. The SMILES string of the molecule is CC(NCC(=O)Nc1ccccc1C#N)c1ccccc1F. The van der Waals surface area contributed by atoms with Gasteiger partial charge in [-0.2, -0.15) is 5.26 Å². The Labute approximate surface area is 128 Å². The van der Waals surface area contributed by atoms with E-state index in [2.05, 4.69) is 10.6 Å². The van der Waals surface area contributed by atoms with E-state index in [0.29, 0.717) is 16.8 Å². The molecule has 0 aliphatic rings. The third-order valence-electron chi connectivity index (χ3n) is 3.26. The van der Waals surface area contributed by atoms with Crippen molar-refractivity contribution in [3.8, 4) is 6.07 Å². The molecule has 1 unspecified atom stereocenters. The predicted molar refractivity (Wildman–Crippen MR) is 82.6 cm³/mol. The van der Waals surface area contributed by atoms with Gasteiger partial charge in [0.05, 0.1) is 17.8 Å². The second-order valence-electron chi connectivity index (χ2n) is 4.83. The summed E-state index contributed by atoms with van der Waals surface area (Å²) in [5, 5.41) is 14.6. The fourth-order valence-electron chi connectivity index (χ4n) is 2.07. The normalized spacial score (nSPS) is 11.5. The van der Waals surface area contributed by atoms with Crippen molar-refractivity contribution in [1.82, 2.24) is 5.32 Å². The summed E-state index contributed by atoms with van der Waals surface area (Å²) >= 11 is 0. The number of hydrogen-bond acceptors (Lipinski definition) is 3. The van der Waals surface area contributed by atoms with Crippen LogP contribution in [-0.2, 0) is 4.79 Å². The molecule has 2 aromatic carbocycles. The number of amides is 1. The smallest absolute Gasteiger partial charge is 0.238 e. The third-order valence-corrected chi connectivity index (χ3v) is 3.26. The van der Waals surface area contributed by atoms with Gasteiger partial charge >= 0.3 is 0 Å². The van der Waals surface area contributed by atoms with Crippen molar-refractivity contribution in [1.29, 1.82) is 5.26 Å². The second kappa shape index (κ2) is 7.34. The number of halogens is 1. The molecule has 4 nitrogen and oxygen atoms in total. The van der Waals surface area contributed by atoms with Crippen molar-refractivity contribution in [3.05, 3.63) is 65.5 Å². The maximum Gasteiger partial charge on any atom is 0.238 e. The molecule has 0 heterocycles. The van der Waals surface area contributed by atoms with Crippen LogP contribution in [0.25, 0.3) is 0 Å². The van der Waals surface area contributed by atoms with Crippen LogP contribution >= 0.6 is 0 Å². The van der Waals surface area contributed by atoms with E-state index in [1.54, 1.807) is 49.4 Å². The van der Waals surface area contributed by atoms with Crippen LogP contribution in [0.4, 0.5) is 10.1 Å². The Bertz CT molecular complexity index is 709. The zero-order valence-electron chi connectivity index (χ0n) is 12.1. The van der Waals surface area contributed by atoms with Crippen LogP contribution in [0.5, 0.6) is 0 Å². The molecule has 5 heteroatoms. The predicted octanol–water partition coefficient (Wildman–Crippen LogP) is 2.99. The number of carbonyl (C=O) groups excluding carboxylic acids is 1. The molecule has 0 aliphatic heterocycles. The molecule has 0 radical (unpaired) electrons. The van der Waals surface area contributed by atoms with Crippen LogP contribution < -0.4 is 10.6 Å². The number of rotatable bonds is 5. The molecule has 0 bridgehead atoms. The Morgan fingerprint density at radius 2 is 1.91 bits per heavy atom. The van der Waals surface area contributed by atoms with Crippen molar-refractivity contribution in [3.63, 3.8) is 0 Å². The number of hydrogen-bond donors (Lipinski definition) is 2. The molecule has 1 amide bonds. The minimum absolute atomic E-state index is 0.0231. The van der Waals surface area contributed by atoms with E-state index in [1.165, 1.54) is 6.07 Å². The fourth-order valence-corrected chi connectivity index (χ4v) is 2.07. The van der Waals surface area contributed by atoms with Gasteiger partial charge in [0, 0.05) is 11.6 Å². The molecule has 1 atom stereocenters. The molecule has 22 heavy (non-hydrogen) atoms. The standard InChI is InChI=1S/C17H16FN3O/c1-12(14-7-3-4-8-15(14)18)20-11-17(22)21-16-9-5-2-6-13(16)10-19/h2-9,12,20H,11H2,1H3,(H,21,22). The van der Waals surface area contributed by atoms with E-state index in [1.807, 2.05) is 6.07 Å². The fraction of sp³-hybridized carbons (Fsp3) is 0.176. The first kappa shape index (κ1) is 15.7. The van der Waals surface area contributed by atoms with Crippen molar-refractivity contribution in [2.75, 3.05) is 11.9 Å². The summed E-state index contributed by atoms with van der Waals surface area (Å²) in [5.74, 6) is -0.594. The lowest BCUT2D eigenvalue weighted by atomic mass is 10.1.